The van der Waals surface area contributed by atoms with Crippen LogP contribution in [0, 0.1) is 0 Å². The maximum Gasteiger partial charge on any atom is 0.298 e. The fraction of sp³-hybridized carbons (Fsp3) is 0.333. The second-order valence-corrected chi connectivity index (χ2v) is 15.5. The van der Waals surface area contributed by atoms with Gasteiger partial charge in [-0.3, -0.25) is 0 Å². The molecule has 154 valence electrons. The highest BCUT2D eigenvalue weighted by molar-refractivity contribution is 9.30. The number of aliphatic hydroxyl groups is 1. The van der Waals surface area contributed by atoms with Crippen molar-refractivity contribution in [3.05, 3.63) is 54.6 Å². The normalized spacial score (nSPS) is 15.7. The Bertz CT molecular complexity index is 767. The SMILES string of the molecule is OC(Br)(Br)C(Br)(Br)C(Br)(OCC(Br)CBr)Oc1cccc(-c2ccccc2)c1. The van der Waals surface area contributed by atoms with Gasteiger partial charge in [0.2, 0.25) is 6.65 Å². The third kappa shape index (κ3) is 6.51. The van der Waals surface area contributed by atoms with Gasteiger partial charge in [-0.15, -0.1) is 0 Å². The van der Waals surface area contributed by atoms with Crippen LogP contribution in [0.2, 0.25) is 0 Å². The zero-order valence-electron chi connectivity index (χ0n) is 14.1. The van der Waals surface area contributed by atoms with Crippen LogP contribution in [0.25, 0.3) is 11.1 Å². The van der Waals surface area contributed by atoms with Crippen LogP contribution in [-0.2, 0) is 4.74 Å². The molecule has 0 aliphatic heterocycles. The van der Waals surface area contributed by atoms with Crippen molar-refractivity contribution in [1.29, 1.82) is 0 Å². The summed E-state index contributed by atoms with van der Waals surface area (Å²) in [6, 6.07) is 17.6. The largest absolute Gasteiger partial charge is 0.450 e. The molecule has 0 aliphatic carbocycles. The molecule has 0 bridgehead atoms. The highest BCUT2D eigenvalue weighted by Crippen LogP contribution is 2.57. The van der Waals surface area contributed by atoms with E-state index in [0.29, 0.717) is 17.7 Å². The van der Waals surface area contributed by atoms with Crippen molar-refractivity contribution in [2.75, 3.05) is 11.9 Å². The van der Waals surface area contributed by atoms with Crippen LogP contribution in [0.1, 0.15) is 0 Å². The standard InChI is InChI=1S/C18H15Br7O3/c19-10-14(20)11-27-18(25,16(21,22)17(23,24)26)28-15-8-4-7-13(9-15)12-5-2-1-3-6-12/h1-9,14,26H,10-11H2. The van der Waals surface area contributed by atoms with Crippen LogP contribution < -0.4 is 4.74 Å². The summed E-state index contributed by atoms with van der Waals surface area (Å²) in [6.07, 6.45) is 0. The van der Waals surface area contributed by atoms with E-state index in [9.17, 15) is 5.11 Å². The first kappa shape index (κ1) is 25.8. The average Bonchev–Trinajstić information content (AvgIpc) is 2.66. The zero-order valence-corrected chi connectivity index (χ0v) is 25.2. The van der Waals surface area contributed by atoms with Gasteiger partial charge in [0, 0.05) is 10.2 Å². The second-order valence-electron chi connectivity index (χ2n) is 5.71. The van der Waals surface area contributed by atoms with E-state index in [-0.39, 0.29) is 4.83 Å². The summed E-state index contributed by atoms with van der Waals surface area (Å²) in [4.78, 5) is 0.0400. The van der Waals surface area contributed by atoms with Crippen LogP contribution in [0.3, 0.4) is 0 Å². The Morgan fingerprint density at radius 2 is 1.50 bits per heavy atom. The van der Waals surface area contributed by atoms with Crippen molar-refractivity contribution in [1.82, 2.24) is 0 Å². The summed E-state index contributed by atoms with van der Waals surface area (Å²) in [7, 11) is 0. The van der Waals surface area contributed by atoms with Crippen LogP contribution in [0.5, 0.6) is 5.75 Å². The molecule has 2 rings (SSSR count). The maximum atomic E-state index is 10.5. The van der Waals surface area contributed by atoms with Gasteiger partial charge in [0.15, 0.2) is 0 Å². The molecule has 0 aromatic heterocycles. The Hall–Kier alpha value is 1.52. The molecule has 0 saturated heterocycles. The van der Waals surface area contributed by atoms with E-state index in [1.165, 1.54) is 0 Å². The molecule has 1 N–H and O–H groups in total. The highest BCUT2D eigenvalue weighted by Gasteiger charge is 2.62. The molecule has 3 nitrogen and oxygen atoms in total. The Balaban J connectivity index is 2.37. The Labute approximate surface area is 223 Å². The van der Waals surface area contributed by atoms with E-state index >= 15 is 0 Å². The van der Waals surface area contributed by atoms with Crippen LogP contribution in [0.15, 0.2) is 54.6 Å². The fourth-order valence-corrected chi connectivity index (χ4v) is 4.50. The smallest absolute Gasteiger partial charge is 0.298 e. The van der Waals surface area contributed by atoms with E-state index in [4.69, 9.17) is 9.47 Å². The first-order valence-electron chi connectivity index (χ1n) is 7.85. The first-order chi connectivity index (χ1) is 13.0. The number of hydrogen-bond donors (Lipinski definition) is 1. The summed E-state index contributed by atoms with van der Waals surface area (Å²) in [5, 5.41) is 11.2. The Morgan fingerprint density at radius 3 is 2.07 bits per heavy atom. The number of alkyl halides is 7. The highest BCUT2D eigenvalue weighted by atomic mass is 79.9. The molecule has 0 aliphatic rings. The van der Waals surface area contributed by atoms with Gasteiger partial charge in [0.05, 0.1) is 6.61 Å². The van der Waals surface area contributed by atoms with Crippen LogP contribution in [0.4, 0.5) is 0 Å². The monoisotopic (exact) mass is 832 g/mol. The summed E-state index contributed by atoms with van der Waals surface area (Å²) in [5.74, 6) is 0.552. The van der Waals surface area contributed by atoms with Gasteiger partial charge < -0.3 is 14.6 Å². The lowest BCUT2D eigenvalue weighted by molar-refractivity contribution is -0.117. The minimum atomic E-state index is -1.61. The van der Waals surface area contributed by atoms with Crippen LogP contribution in [-0.4, -0.2) is 33.2 Å². The summed E-state index contributed by atoms with van der Waals surface area (Å²) >= 11 is 23.8. The second kappa shape index (κ2) is 10.9. The topological polar surface area (TPSA) is 38.7 Å². The minimum absolute atomic E-state index is 0.0400. The van der Waals surface area contributed by atoms with Crippen molar-refractivity contribution in [3.8, 4) is 16.9 Å². The van der Waals surface area contributed by atoms with Gasteiger partial charge in [-0.2, -0.15) is 0 Å². The van der Waals surface area contributed by atoms with Crippen molar-refractivity contribution in [2.24, 2.45) is 0 Å². The van der Waals surface area contributed by atoms with E-state index < -0.39 is 11.3 Å². The molecule has 2 unspecified atom stereocenters. The number of rotatable bonds is 9. The van der Waals surface area contributed by atoms with E-state index in [2.05, 4.69) is 112 Å². The van der Waals surface area contributed by atoms with Crippen molar-refractivity contribution < 1.29 is 14.6 Å². The summed E-state index contributed by atoms with van der Waals surface area (Å²) in [6.45, 7) is 0.296. The predicted octanol–water partition coefficient (Wildman–Crippen LogP) is 7.88. The zero-order chi connectivity index (χ0) is 21.0. The molecule has 2 aromatic carbocycles. The van der Waals surface area contributed by atoms with Gasteiger partial charge in [0.1, 0.15) is 5.75 Å². The molecule has 0 spiro atoms. The molecular weight excluding hydrogens is 824 g/mol. The molecule has 0 saturated carbocycles. The number of halogens is 7. The minimum Gasteiger partial charge on any atom is -0.450 e. The number of ether oxygens (including phenoxy) is 2. The third-order valence-electron chi connectivity index (χ3n) is 3.56. The van der Waals surface area contributed by atoms with E-state index in [1.807, 2.05) is 54.6 Å². The Kier molecular flexibility index (Phi) is 10.0. The van der Waals surface area contributed by atoms with E-state index in [1.54, 1.807) is 0 Å². The molecule has 0 amide bonds. The van der Waals surface area contributed by atoms with Crippen molar-refractivity contribution in [3.63, 3.8) is 0 Å². The average molecular weight is 839 g/mol. The molecule has 2 aromatic rings. The van der Waals surface area contributed by atoms with Gasteiger partial charge in [-0.1, -0.05) is 106 Å². The third-order valence-corrected chi connectivity index (χ3v) is 13.4. The molecular formula is C18H15Br7O3. The molecule has 0 radical (unpaired) electrons. The molecule has 28 heavy (non-hydrogen) atoms. The predicted molar refractivity (Wildman–Crippen MR) is 140 cm³/mol. The lowest BCUT2D eigenvalue weighted by Crippen LogP contribution is -2.56. The molecule has 2 atom stereocenters. The lowest BCUT2D eigenvalue weighted by Gasteiger charge is -2.43. The van der Waals surface area contributed by atoms with Gasteiger partial charge in [0.25, 0.3) is 4.70 Å². The first-order valence-corrected chi connectivity index (χ1v) is 13.9. The quantitative estimate of drug-likeness (QED) is 0.207. The lowest BCUT2D eigenvalue weighted by atomic mass is 10.1. The molecule has 0 fully saturated rings. The van der Waals surface area contributed by atoms with Crippen molar-refractivity contribution >= 4 is 112 Å². The molecule has 10 heteroatoms. The van der Waals surface area contributed by atoms with Crippen molar-refractivity contribution in [2.45, 2.75) is 16.2 Å². The number of benzene rings is 2. The van der Waals surface area contributed by atoms with Gasteiger partial charge in [-0.25, -0.2) is 0 Å². The summed E-state index contributed by atoms with van der Waals surface area (Å²) in [5.41, 5.74) is 2.06. The van der Waals surface area contributed by atoms with Gasteiger partial charge in [-0.05, 0) is 71.0 Å². The van der Waals surface area contributed by atoms with Crippen LogP contribution >= 0.6 is 112 Å². The summed E-state index contributed by atoms with van der Waals surface area (Å²) < 4.78 is 7.80. The fourth-order valence-electron chi connectivity index (χ4n) is 2.13. The maximum absolute atomic E-state index is 10.5. The Morgan fingerprint density at radius 1 is 0.893 bits per heavy atom. The van der Waals surface area contributed by atoms with Gasteiger partial charge >= 0.3 is 0 Å². The van der Waals surface area contributed by atoms with E-state index in [0.717, 1.165) is 11.1 Å². The molecule has 0 heterocycles. The number of hydrogen-bond acceptors (Lipinski definition) is 3.